The monoisotopic (exact) mass is 588 g/mol. The largest absolute Gasteiger partial charge is 0.456 e. The van der Waals surface area contributed by atoms with Gasteiger partial charge in [0.25, 0.3) is 0 Å². The van der Waals surface area contributed by atoms with Gasteiger partial charge in [0.05, 0.1) is 22.1 Å². The summed E-state index contributed by atoms with van der Waals surface area (Å²) in [6, 6.07) is 51.7. The maximum atomic E-state index is 6.49. The van der Waals surface area contributed by atoms with Crippen molar-refractivity contribution in [3.8, 4) is 11.4 Å². The molecule has 0 aliphatic carbocycles. The Kier molecular flexibility index (Phi) is 4.55. The van der Waals surface area contributed by atoms with Crippen LogP contribution in [0.1, 0.15) is 0 Å². The molecule has 0 aliphatic rings. The number of rotatable bonds is 2. The highest BCUT2D eigenvalue weighted by Gasteiger charge is 2.18. The van der Waals surface area contributed by atoms with Crippen molar-refractivity contribution in [2.75, 3.05) is 0 Å². The Labute approximate surface area is 261 Å². The van der Waals surface area contributed by atoms with Gasteiger partial charge in [0.15, 0.2) is 0 Å². The third-order valence-corrected chi connectivity index (χ3v) is 9.70. The van der Waals surface area contributed by atoms with E-state index in [-0.39, 0.29) is 0 Å². The van der Waals surface area contributed by atoms with E-state index in [1.165, 1.54) is 43.6 Å². The average Bonchev–Trinajstić information content (AvgIpc) is 3.84. The summed E-state index contributed by atoms with van der Waals surface area (Å²) < 4.78 is 17.7. The number of hydrogen-bond donors (Lipinski definition) is 0. The average molecular weight is 589 g/mol. The van der Waals surface area contributed by atoms with E-state index >= 15 is 0 Å². The number of furan rings is 2. The standard InChI is InChI=1S/C42H24N2O2/c1-5-13-35-27(9-1)28-10-2-6-14-36(28)43(35)25-17-19-39-31(21-25)33-23-42-34(24-41(33)45-39)32-22-26(18-20-40(32)46-42)44-37-15-7-3-11-29(37)30-12-4-8-16-38(30)44/h1-24H. The minimum absolute atomic E-state index is 0.854. The molecule has 0 saturated heterocycles. The van der Waals surface area contributed by atoms with E-state index in [2.05, 4.69) is 155 Å². The summed E-state index contributed by atoms with van der Waals surface area (Å²) >= 11 is 0. The van der Waals surface area contributed by atoms with Crippen molar-refractivity contribution in [1.82, 2.24) is 9.13 Å². The van der Waals surface area contributed by atoms with Crippen LogP contribution in [0.5, 0.6) is 0 Å². The number of nitrogens with zero attached hydrogens (tertiary/aromatic N) is 2. The molecule has 4 nitrogen and oxygen atoms in total. The summed E-state index contributed by atoms with van der Waals surface area (Å²) in [7, 11) is 0. The van der Waals surface area contributed by atoms with Crippen LogP contribution in [-0.2, 0) is 0 Å². The molecule has 11 aromatic rings. The van der Waals surface area contributed by atoms with Gasteiger partial charge in [0.1, 0.15) is 22.3 Å². The molecule has 0 aliphatic heterocycles. The normalized spacial score (nSPS) is 12.3. The highest BCUT2D eigenvalue weighted by atomic mass is 16.3. The Hall–Kier alpha value is -6.26. The zero-order valence-corrected chi connectivity index (χ0v) is 24.6. The molecular weight excluding hydrogens is 564 g/mol. The zero-order valence-electron chi connectivity index (χ0n) is 24.6. The maximum absolute atomic E-state index is 6.49. The van der Waals surface area contributed by atoms with Gasteiger partial charge in [-0.3, -0.25) is 0 Å². The molecule has 4 aromatic heterocycles. The van der Waals surface area contributed by atoms with Crippen LogP contribution in [-0.4, -0.2) is 9.13 Å². The van der Waals surface area contributed by atoms with Crippen LogP contribution in [0.4, 0.5) is 0 Å². The van der Waals surface area contributed by atoms with E-state index in [9.17, 15) is 0 Å². The van der Waals surface area contributed by atoms with E-state index in [0.29, 0.717) is 0 Å². The molecule has 0 bridgehead atoms. The molecule has 7 aromatic carbocycles. The van der Waals surface area contributed by atoms with E-state index in [1.807, 2.05) is 0 Å². The van der Waals surface area contributed by atoms with E-state index < -0.39 is 0 Å². The molecule has 0 spiro atoms. The van der Waals surface area contributed by atoms with Crippen LogP contribution in [0, 0.1) is 0 Å². The minimum Gasteiger partial charge on any atom is -0.456 e. The quantitative estimate of drug-likeness (QED) is 0.201. The summed E-state index contributed by atoms with van der Waals surface area (Å²) in [5.74, 6) is 0. The molecule has 11 rings (SSSR count). The predicted molar refractivity (Wildman–Crippen MR) is 190 cm³/mol. The van der Waals surface area contributed by atoms with Crippen LogP contribution < -0.4 is 0 Å². The van der Waals surface area contributed by atoms with Crippen LogP contribution in [0.25, 0.3) is 98.9 Å². The molecule has 0 N–H and O–H groups in total. The lowest BCUT2D eigenvalue weighted by Crippen LogP contribution is -1.93. The second-order valence-corrected chi connectivity index (χ2v) is 12.1. The van der Waals surface area contributed by atoms with Crippen molar-refractivity contribution in [2.24, 2.45) is 0 Å². The molecule has 46 heavy (non-hydrogen) atoms. The Balaban J connectivity index is 1.13. The lowest BCUT2D eigenvalue weighted by Gasteiger charge is -2.08. The van der Waals surface area contributed by atoms with Crippen molar-refractivity contribution in [2.45, 2.75) is 0 Å². The van der Waals surface area contributed by atoms with Gasteiger partial charge in [-0.1, -0.05) is 72.8 Å². The van der Waals surface area contributed by atoms with Gasteiger partial charge in [-0.2, -0.15) is 0 Å². The molecule has 0 saturated carbocycles. The molecular formula is C42H24N2O2. The van der Waals surface area contributed by atoms with Gasteiger partial charge in [-0.25, -0.2) is 0 Å². The number of hydrogen-bond acceptors (Lipinski definition) is 2. The smallest absolute Gasteiger partial charge is 0.136 e. The first kappa shape index (κ1) is 24.1. The van der Waals surface area contributed by atoms with Gasteiger partial charge in [-0.15, -0.1) is 0 Å². The molecule has 0 fully saturated rings. The van der Waals surface area contributed by atoms with Crippen molar-refractivity contribution < 1.29 is 8.83 Å². The summed E-state index contributed by atoms with van der Waals surface area (Å²) in [6.07, 6.45) is 0. The van der Waals surface area contributed by atoms with Crippen molar-refractivity contribution in [1.29, 1.82) is 0 Å². The summed E-state index contributed by atoms with van der Waals surface area (Å²) in [6.45, 7) is 0. The van der Waals surface area contributed by atoms with Gasteiger partial charge in [0.2, 0.25) is 0 Å². The Morgan fingerprint density at radius 1 is 0.283 bits per heavy atom. The first-order chi connectivity index (χ1) is 22.8. The van der Waals surface area contributed by atoms with Crippen LogP contribution in [0.15, 0.2) is 154 Å². The highest BCUT2D eigenvalue weighted by molar-refractivity contribution is 6.16. The molecule has 214 valence electrons. The molecule has 4 heteroatoms. The van der Waals surface area contributed by atoms with E-state index in [4.69, 9.17) is 8.83 Å². The molecule has 0 atom stereocenters. The lowest BCUT2D eigenvalue weighted by atomic mass is 10.1. The van der Waals surface area contributed by atoms with Gasteiger partial charge < -0.3 is 18.0 Å². The Bertz CT molecular complexity index is 2720. The maximum Gasteiger partial charge on any atom is 0.136 e. The first-order valence-electron chi connectivity index (χ1n) is 15.6. The van der Waals surface area contributed by atoms with Crippen LogP contribution >= 0.6 is 0 Å². The fourth-order valence-corrected chi connectivity index (χ4v) is 7.70. The van der Waals surface area contributed by atoms with E-state index in [0.717, 1.165) is 55.3 Å². The number of para-hydroxylation sites is 4. The summed E-state index contributed by atoms with van der Waals surface area (Å²) in [5, 5.41) is 9.24. The number of aromatic nitrogens is 2. The van der Waals surface area contributed by atoms with Crippen molar-refractivity contribution in [3.05, 3.63) is 146 Å². The second-order valence-electron chi connectivity index (χ2n) is 12.1. The fraction of sp³-hybridized carbons (Fsp3) is 0. The SMILES string of the molecule is c1ccc2c(c1)c1ccccc1n2-c1ccc2oc3cc4c(cc3c2c1)oc1ccc(-n2c3ccccc3c3ccccc32)cc14. The number of benzene rings is 7. The van der Waals surface area contributed by atoms with Gasteiger partial charge >= 0.3 is 0 Å². The Morgan fingerprint density at radius 2 is 0.609 bits per heavy atom. The van der Waals surface area contributed by atoms with Crippen LogP contribution in [0.2, 0.25) is 0 Å². The fourth-order valence-electron chi connectivity index (χ4n) is 7.70. The van der Waals surface area contributed by atoms with Crippen molar-refractivity contribution in [3.63, 3.8) is 0 Å². The molecule has 4 heterocycles. The minimum atomic E-state index is 0.854. The first-order valence-corrected chi connectivity index (χ1v) is 15.6. The van der Waals surface area contributed by atoms with Gasteiger partial charge in [-0.05, 0) is 72.8 Å². The van der Waals surface area contributed by atoms with E-state index in [1.54, 1.807) is 0 Å². The third-order valence-electron chi connectivity index (χ3n) is 9.70. The summed E-state index contributed by atoms with van der Waals surface area (Å²) in [5.41, 5.74) is 10.4. The molecule has 0 amide bonds. The van der Waals surface area contributed by atoms with Crippen molar-refractivity contribution >= 4 is 87.5 Å². The van der Waals surface area contributed by atoms with Gasteiger partial charge in [0, 0.05) is 54.5 Å². The Morgan fingerprint density at radius 3 is 0.978 bits per heavy atom. The third kappa shape index (κ3) is 3.12. The predicted octanol–water partition coefficient (Wildman–Crippen LogP) is 11.7. The topological polar surface area (TPSA) is 36.1 Å². The molecule has 0 unspecified atom stereocenters. The highest BCUT2D eigenvalue weighted by Crippen LogP contribution is 2.40. The zero-order chi connectivity index (χ0) is 29.9. The lowest BCUT2D eigenvalue weighted by molar-refractivity contribution is 0.664. The molecule has 0 radical (unpaired) electrons. The summed E-state index contributed by atoms with van der Waals surface area (Å²) in [4.78, 5) is 0. The number of fused-ring (bicyclic) bond motifs is 12. The second kappa shape index (κ2) is 8.68. The van der Waals surface area contributed by atoms with Crippen LogP contribution in [0.3, 0.4) is 0 Å².